The van der Waals surface area contributed by atoms with Crippen molar-refractivity contribution in [1.82, 2.24) is 0 Å². The van der Waals surface area contributed by atoms with Crippen molar-refractivity contribution >= 4 is 12.4 Å². The van der Waals surface area contributed by atoms with E-state index in [1.807, 2.05) is 6.92 Å². The van der Waals surface area contributed by atoms with Crippen molar-refractivity contribution in [1.29, 1.82) is 0 Å². The Morgan fingerprint density at radius 2 is 1.73 bits per heavy atom. The summed E-state index contributed by atoms with van der Waals surface area (Å²) >= 11 is 0. The zero-order valence-electron chi connectivity index (χ0n) is 12.7. The van der Waals surface area contributed by atoms with Gasteiger partial charge in [0.1, 0.15) is 0 Å². The number of benzene rings is 1. The summed E-state index contributed by atoms with van der Waals surface area (Å²) in [5.74, 6) is 0. The molecule has 22 heavy (non-hydrogen) atoms. The average molecular weight is 338 g/mol. The minimum atomic E-state index is -4.30. The summed E-state index contributed by atoms with van der Waals surface area (Å²) in [4.78, 5) is 0. The van der Waals surface area contributed by atoms with Crippen molar-refractivity contribution in [2.45, 2.75) is 56.8 Å². The number of nitrogens with two attached hydrogens (primary N) is 1. The fraction of sp³-hybridized carbons (Fsp3) is 0.625. The van der Waals surface area contributed by atoms with Gasteiger partial charge in [-0.1, -0.05) is 19.1 Å². The van der Waals surface area contributed by atoms with Gasteiger partial charge in [-0.25, -0.2) is 0 Å². The predicted molar refractivity (Wildman–Crippen MR) is 83.1 cm³/mol. The van der Waals surface area contributed by atoms with Crippen LogP contribution in [0.25, 0.3) is 0 Å². The van der Waals surface area contributed by atoms with Crippen molar-refractivity contribution in [3.05, 3.63) is 35.4 Å². The molecule has 2 nitrogen and oxygen atoms in total. The zero-order chi connectivity index (χ0) is 15.5. The van der Waals surface area contributed by atoms with Crippen LogP contribution in [0, 0.1) is 0 Å². The van der Waals surface area contributed by atoms with Gasteiger partial charge in [0.25, 0.3) is 0 Å². The van der Waals surface area contributed by atoms with Gasteiger partial charge in [-0.2, -0.15) is 13.2 Å². The first-order valence-electron chi connectivity index (χ1n) is 7.45. The molecule has 0 atom stereocenters. The lowest BCUT2D eigenvalue weighted by atomic mass is 9.77. The van der Waals surface area contributed by atoms with Gasteiger partial charge >= 0.3 is 6.18 Å². The van der Waals surface area contributed by atoms with Crippen LogP contribution in [0.3, 0.4) is 0 Å². The fourth-order valence-electron chi connectivity index (χ4n) is 2.88. The highest BCUT2D eigenvalue weighted by molar-refractivity contribution is 5.85. The third-order valence-corrected chi connectivity index (χ3v) is 4.16. The molecule has 2 rings (SSSR count). The van der Waals surface area contributed by atoms with Gasteiger partial charge in [0.15, 0.2) is 0 Å². The van der Waals surface area contributed by atoms with Crippen molar-refractivity contribution in [3.63, 3.8) is 0 Å². The predicted octanol–water partition coefficient (Wildman–Crippen LogP) is 4.65. The van der Waals surface area contributed by atoms with Gasteiger partial charge in [-0.3, -0.25) is 0 Å². The Bertz CT molecular complexity index is 448. The Hall–Kier alpha value is -0.780. The van der Waals surface area contributed by atoms with Crippen LogP contribution < -0.4 is 5.73 Å². The lowest BCUT2D eigenvalue weighted by molar-refractivity contribution is -0.137. The molecule has 2 N–H and O–H groups in total. The van der Waals surface area contributed by atoms with Gasteiger partial charge in [0.2, 0.25) is 0 Å². The lowest BCUT2D eigenvalue weighted by Gasteiger charge is -2.40. The van der Waals surface area contributed by atoms with Crippen molar-refractivity contribution < 1.29 is 17.9 Å². The molecule has 1 aliphatic carbocycles. The molecule has 1 aromatic carbocycles. The van der Waals surface area contributed by atoms with E-state index in [1.54, 1.807) is 12.1 Å². The van der Waals surface area contributed by atoms with E-state index < -0.39 is 17.3 Å². The molecule has 0 bridgehead atoms. The third kappa shape index (κ3) is 4.37. The summed E-state index contributed by atoms with van der Waals surface area (Å²) in [6, 6.07) is 5.55. The summed E-state index contributed by atoms with van der Waals surface area (Å²) in [6.45, 7) is 2.63. The Kier molecular flexibility index (Phi) is 6.71. The first-order chi connectivity index (χ1) is 9.87. The summed E-state index contributed by atoms with van der Waals surface area (Å²) in [7, 11) is 0. The normalized spacial score (nSPS) is 25.6. The monoisotopic (exact) mass is 337 g/mol. The largest absolute Gasteiger partial charge is 0.416 e. The highest BCUT2D eigenvalue weighted by Crippen LogP contribution is 2.41. The molecular weight excluding hydrogens is 315 g/mol. The van der Waals surface area contributed by atoms with Gasteiger partial charge in [-0.05, 0) is 49.8 Å². The summed E-state index contributed by atoms with van der Waals surface area (Å²) in [5, 5.41) is 0. The summed E-state index contributed by atoms with van der Waals surface area (Å²) in [6.07, 6.45) is -0.214. The second kappa shape index (κ2) is 7.66. The molecule has 1 saturated carbocycles. The first-order valence-corrected chi connectivity index (χ1v) is 7.45. The molecule has 0 amide bonds. The molecule has 0 heterocycles. The molecule has 6 heteroatoms. The number of ether oxygens (including phenoxy) is 1. The van der Waals surface area contributed by atoms with E-state index >= 15 is 0 Å². The van der Waals surface area contributed by atoms with E-state index in [2.05, 4.69) is 0 Å². The molecule has 0 unspecified atom stereocenters. The first kappa shape index (κ1) is 19.3. The topological polar surface area (TPSA) is 35.2 Å². The molecule has 0 radical (unpaired) electrons. The highest BCUT2D eigenvalue weighted by Gasteiger charge is 2.38. The Morgan fingerprint density at radius 1 is 1.18 bits per heavy atom. The quantitative estimate of drug-likeness (QED) is 0.868. The Morgan fingerprint density at radius 3 is 2.18 bits per heavy atom. The second-order valence-electron chi connectivity index (χ2n) is 5.76. The van der Waals surface area contributed by atoms with Crippen molar-refractivity contribution in [2.24, 2.45) is 5.73 Å². The second-order valence-corrected chi connectivity index (χ2v) is 5.76. The molecule has 1 fully saturated rings. The van der Waals surface area contributed by atoms with Gasteiger partial charge < -0.3 is 10.5 Å². The molecule has 0 aromatic heterocycles. The molecule has 1 aliphatic rings. The van der Waals surface area contributed by atoms with Crippen LogP contribution >= 0.6 is 12.4 Å². The van der Waals surface area contributed by atoms with E-state index in [-0.39, 0.29) is 18.4 Å². The van der Waals surface area contributed by atoms with Crippen LogP contribution in [-0.4, -0.2) is 12.6 Å². The van der Waals surface area contributed by atoms with Crippen molar-refractivity contribution in [2.75, 3.05) is 6.61 Å². The molecule has 0 spiro atoms. The SMILES string of the molecule is CCCOC1(c2ccc(C(F)(F)F)cc2)CCC(N)CC1.Cl. The molecular formula is C16H23ClF3NO. The number of halogens is 4. The van der Waals surface area contributed by atoms with Crippen LogP contribution in [0.1, 0.15) is 50.2 Å². The van der Waals surface area contributed by atoms with E-state index in [0.29, 0.717) is 6.61 Å². The maximum atomic E-state index is 12.7. The van der Waals surface area contributed by atoms with Crippen LogP contribution in [0.15, 0.2) is 24.3 Å². The van der Waals surface area contributed by atoms with Gasteiger partial charge in [-0.15, -0.1) is 12.4 Å². The molecule has 1 aromatic rings. The standard InChI is InChI=1S/C16H22F3NO.ClH/c1-2-11-21-15(9-7-14(20)8-10-15)12-3-5-13(6-4-12)16(17,18)19;/h3-6,14H,2,7-11,20H2,1H3;1H. The number of rotatable bonds is 4. The molecule has 126 valence electrons. The maximum Gasteiger partial charge on any atom is 0.416 e. The Labute approximate surface area is 135 Å². The van der Waals surface area contributed by atoms with E-state index in [9.17, 15) is 13.2 Å². The number of alkyl halides is 3. The fourth-order valence-corrected chi connectivity index (χ4v) is 2.88. The smallest absolute Gasteiger partial charge is 0.370 e. The minimum Gasteiger partial charge on any atom is -0.370 e. The van der Waals surface area contributed by atoms with Gasteiger partial charge in [0.05, 0.1) is 11.2 Å². The minimum absolute atomic E-state index is 0. The molecule has 0 aliphatic heterocycles. The van der Waals surface area contributed by atoms with Crippen LogP contribution in [0.2, 0.25) is 0 Å². The Balaban J connectivity index is 0.00000242. The summed E-state index contributed by atoms with van der Waals surface area (Å²) < 4.78 is 44.0. The van der Waals surface area contributed by atoms with Crippen molar-refractivity contribution in [3.8, 4) is 0 Å². The zero-order valence-corrected chi connectivity index (χ0v) is 13.5. The highest BCUT2D eigenvalue weighted by atomic mass is 35.5. The molecule has 0 saturated heterocycles. The van der Waals surface area contributed by atoms with E-state index in [4.69, 9.17) is 10.5 Å². The van der Waals surface area contributed by atoms with Crippen LogP contribution in [0.5, 0.6) is 0 Å². The lowest BCUT2D eigenvalue weighted by Crippen LogP contribution is -2.39. The van der Waals surface area contributed by atoms with Crippen LogP contribution in [0.4, 0.5) is 13.2 Å². The average Bonchev–Trinajstić information content (AvgIpc) is 2.46. The summed E-state index contributed by atoms with van der Waals surface area (Å²) in [5.41, 5.74) is 5.67. The third-order valence-electron chi connectivity index (χ3n) is 4.16. The van der Waals surface area contributed by atoms with E-state index in [1.165, 1.54) is 0 Å². The number of hydrogen-bond donors (Lipinski definition) is 1. The van der Waals surface area contributed by atoms with Crippen LogP contribution in [-0.2, 0) is 16.5 Å². The maximum absolute atomic E-state index is 12.7. The van der Waals surface area contributed by atoms with Gasteiger partial charge in [0, 0.05) is 12.6 Å². The number of hydrogen-bond acceptors (Lipinski definition) is 2. The van der Waals surface area contributed by atoms with E-state index in [0.717, 1.165) is 49.8 Å².